The highest BCUT2D eigenvalue weighted by Crippen LogP contribution is 2.44. The molecule has 3 rings (SSSR count). The number of aromatic nitrogens is 1. The van der Waals surface area contributed by atoms with Crippen molar-refractivity contribution in [3.63, 3.8) is 0 Å². The maximum absolute atomic E-state index is 12.3. The number of carbonyl (C=O) groups excluding carboxylic acids is 1. The summed E-state index contributed by atoms with van der Waals surface area (Å²) in [4.78, 5) is 37.1. The van der Waals surface area contributed by atoms with Crippen molar-refractivity contribution in [2.24, 2.45) is 5.41 Å². The molecule has 1 aliphatic rings. The third kappa shape index (κ3) is 1.60. The van der Waals surface area contributed by atoms with Crippen molar-refractivity contribution in [3.8, 4) is 0 Å². The van der Waals surface area contributed by atoms with Crippen molar-refractivity contribution in [2.45, 2.75) is 19.3 Å². The van der Waals surface area contributed by atoms with Gasteiger partial charge in [-0.2, -0.15) is 0 Å². The van der Waals surface area contributed by atoms with Crippen LogP contribution in [0.4, 0.5) is 0 Å². The van der Waals surface area contributed by atoms with Crippen LogP contribution in [0.3, 0.4) is 0 Å². The lowest BCUT2D eigenvalue weighted by Crippen LogP contribution is -2.45. The van der Waals surface area contributed by atoms with E-state index in [0.29, 0.717) is 18.4 Å². The SMILES string of the molecule is O=C(O)C1(C(=O)c2ccc3[nH]c(=O)oc3c2)CCC1. The fraction of sp³-hybridized carbons (Fsp3) is 0.308. The van der Waals surface area contributed by atoms with Gasteiger partial charge in [0.05, 0.1) is 5.52 Å². The Bertz CT molecular complexity index is 735. The number of rotatable bonds is 3. The zero-order valence-corrected chi connectivity index (χ0v) is 9.93. The van der Waals surface area contributed by atoms with Crippen molar-refractivity contribution < 1.29 is 19.1 Å². The van der Waals surface area contributed by atoms with Crippen molar-refractivity contribution in [1.82, 2.24) is 4.98 Å². The predicted molar refractivity (Wildman–Crippen MR) is 65.1 cm³/mol. The number of hydrogen-bond acceptors (Lipinski definition) is 4. The van der Waals surface area contributed by atoms with Crippen LogP contribution in [-0.4, -0.2) is 21.8 Å². The molecule has 0 spiro atoms. The summed E-state index contributed by atoms with van der Waals surface area (Å²) in [6, 6.07) is 4.47. The number of aliphatic carboxylic acids is 1. The molecular weight excluding hydrogens is 250 g/mol. The number of carbonyl (C=O) groups is 2. The van der Waals surface area contributed by atoms with E-state index in [9.17, 15) is 19.5 Å². The lowest BCUT2D eigenvalue weighted by molar-refractivity contribution is -0.150. The first-order valence-corrected chi connectivity index (χ1v) is 5.94. The molecule has 0 atom stereocenters. The maximum atomic E-state index is 12.3. The number of carboxylic acids is 1. The number of oxazole rings is 1. The van der Waals surface area contributed by atoms with Crippen LogP contribution >= 0.6 is 0 Å². The summed E-state index contributed by atoms with van der Waals surface area (Å²) in [5.74, 6) is -2.10. The van der Waals surface area contributed by atoms with Crippen LogP contribution < -0.4 is 5.76 Å². The molecular formula is C13H11NO5. The summed E-state index contributed by atoms with van der Waals surface area (Å²) >= 11 is 0. The van der Waals surface area contributed by atoms with E-state index >= 15 is 0 Å². The largest absolute Gasteiger partial charge is 0.480 e. The molecule has 2 aromatic rings. The standard InChI is InChI=1S/C13H11NO5/c15-10(13(11(16)17)4-1-5-13)7-2-3-8-9(6-7)19-12(18)14-8/h2-3,6H,1,4-5H2,(H,14,18)(H,16,17). The van der Waals surface area contributed by atoms with E-state index in [4.69, 9.17) is 4.42 Å². The second-order valence-electron chi connectivity index (χ2n) is 4.80. The Balaban J connectivity index is 2.06. The average molecular weight is 261 g/mol. The molecule has 0 bridgehead atoms. The van der Waals surface area contributed by atoms with Gasteiger partial charge in [0.15, 0.2) is 11.4 Å². The molecule has 0 amide bonds. The predicted octanol–water partition coefficient (Wildman–Crippen LogP) is 1.56. The molecule has 0 radical (unpaired) electrons. The Morgan fingerprint density at radius 3 is 2.63 bits per heavy atom. The summed E-state index contributed by atoms with van der Waals surface area (Å²) in [6.45, 7) is 0. The van der Waals surface area contributed by atoms with Gasteiger partial charge in [0.25, 0.3) is 0 Å². The molecule has 0 aliphatic heterocycles. The van der Waals surface area contributed by atoms with E-state index in [0.717, 1.165) is 6.42 Å². The molecule has 0 saturated heterocycles. The summed E-state index contributed by atoms with van der Waals surface area (Å²) in [5.41, 5.74) is -0.294. The molecule has 98 valence electrons. The zero-order chi connectivity index (χ0) is 13.6. The lowest BCUT2D eigenvalue weighted by Gasteiger charge is -2.35. The number of ketones is 1. The van der Waals surface area contributed by atoms with Crippen molar-refractivity contribution in [2.75, 3.05) is 0 Å². The Morgan fingerprint density at radius 1 is 1.32 bits per heavy atom. The molecule has 1 aromatic carbocycles. The van der Waals surface area contributed by atoms with Gasteiger partial charge in [-0.25, -0.2) is 4.79 Å². The number of fused-ring (bicyclic) bond motifs is 1. The van der Waals surface area contributed by atoms with Crippen LogP contribution in [0.1, 0.15) is 29.6 Å². The van der Waals surface area contributed by atoms with Gasteiger partial charge < -0.3 is 9.52 Å². The first-order chi connectivity index (χ1) is 9.03. The molecule has 1 aromatic heterocycles. The van der Waals surface area contributed by atoms with Gasteiger partial charge in [-0.05, 0) is 31.0 Å². The summed E-state index contributed by atoms with van der Waals surface area (Å²) in [6.07, 6.45) is 1.45. The first-order valence-electron chi connectivity index (χ1n) is 5.94. The summed E-state index contributed by atoms with van der Waals surface area (Å²) < 4.78 is 4.87. The third-order valence-electron chi connectivity index (χ3n) is 3.73. The zero-order valence-electron chi connectivity index (χ0n) is 9.93. The molecule has 1 aliphatic carbocycles. The molecule has 6 heteroatoms. The van der Waals surface area contributed by atoms with Gasteiger partial charge in [-0.3, -0.25) is 14.6 Å². The number of benzene rings is 1. The Hall–Kier alpha value is -2.37. The highest BCUT2D eigenvalue weighted by Gasteiger charge is 2.51. The summed E-state index contributed by atoms with van der Waals surface area (Å²) in [5, 5.41) is 9.23. The monoisotopic (exact) mass is 261 g/mol. The summed E-state index contributed by atoms with van der Waals surface area (Å²) in [7, 11) is 0. The first kappa shape index (κ1) is 11.7. The number of nitrogens with one attached hydrogen (secondary N) is 1. The normalized spacial score (nSPS) is 17.1. The Kier molecular flexibility index (Phi) is 2.35. The van der Waals surface area contributed by atoms with Gasteiger partial charge in [0.1, 0.15) is 5.41 Å². The molecule has 0 unspecified atom stereocenters. The second kappa shape index (κ2) is 3.81. The van der Waals surface area contributed by atoms with Gasteiger partial charge in [-0.1, -0.05) is 6.42 Å². The molecule has 6 nitrogen and oxygen atoms in total. The fourth-order valence-corrected chi connectivity index (χ4v) is 2.43. The van der Waals surface area contributed by atoms with E-state index in [-0.39, 0.29) is 11.1 Å². The minimum atomic E-state index is -1.30. The van der Waals surface area contributed by atoms with Gasteiger partial charge in [-0.15, -0.1) is 0 Å². The quantitative estimate of drug-likeness (QED) is 0.645. The molecule has 2 N–H and O–H groups in total. The van der Waals surface area contributed by atoms with E-state index in [1.165, 1.54) is 12.1 Å². The van der Waals surface area contributed by atoms with E-state index in [1.807, 2.05) is 0 Å². The van der Waals surface area contributed by atoms with Crippen LogP contribution in [-0.2, 0) is 4.79 Å². The number of aromatic amines is 1. The van der Waals surface area contributed by atoms with Crippen LogP contribution in [0.15, 0.2) is 27.4 Å². The van der Waals surface area contributed by atoms with Crippen molar-refractivity contribution >= 4 is 22.9 Å². The van der Waals surface area contributed by atoms with Gasteiger partial charge in [0.2, 0.25) is 0 Å². The minimum absolute atomic E-state index is 0.260. The van der Waals surface area contributed by atoms with Crippen LogP contribution in [0.25, 0.3) is 11.1 Å². The van der Waals surface area contributed by atoms with Gasteiger partial charge in [0, 0.05) is 5.56 Å². The number of carboxylic acid groups (broad SMARTS) is 1. The molecule has 1 fully saturated rings. The third-order valence-corrected chi connectivity index (χ3v) is 3.73. The van der Waals surface area contributed by atoms with E-state index < -0.39 is 22.9 Å². The Labute approximate surface area is 107 Å². The van der Waals surface area contributed by atoms with Crippen LogP contribution in [0, 0.1) is 5.41 Å². The maximum Gasteiger partial charge on any atom is 0.417 e. The highest BCUT2D eigenvalue weighted by molar-refractivity contribution is 6.13. The second-order valence-corrected chi connectivity index (χ2v) is 4.80. The average Bonchev–Trinajstić information content (AvgIpc) is 2.65. The van der Waals surface area contributed by atoms with Crippen molar-refractivity contribution in [1.29, 1.82) is 0 Å². The van der Waals surface area contributed by atoms with E-state index in [1.54, 1.807) is 6.07 Å². The Morgan fingerprint density at radius 2 is 2.05 bits per heavy atom. The van der Waals surface area contributed by atoms with Crippen molar-refractivity contribution in [3.05, 3.63) is 34.3 Å². The fourth-order valence-electron chi connectivity index (χ4n) is 2.43. The highest BCUT2D eigenvalue weighted by atomic mass is 16.4. The van der Waals surface area contributed by atoms with Crippen LogP contribution in [0.2, 0.25) is 0 Å². The van der Waals surface area contributed by atoms with E-state index in [2.05, 4.69) is 4.98 Å². The topological polar surface area (TPSA) is 100 Å². The lowest BCUT2D eigenvalue weighted by atomic mass is 9.64. The minimum Gasteiger partial charge on any atom is -0.480 e. The molecule has 1 saturated carbocycles. The number of H-pyrrole nitrogens is 1. The molecule has 1 heterocycles. The number of Topliss-reactive ketones (excluding diaryl/α,β-unsaturated/α-hetero) is 1. The van der Waals surface area contributed by atoms with Crippen LogP contribution in [0.5, 0.6) is 0 Å². The molecule has 19 heavy (non-hydrogen) atoms. The smallest absolute Gasteiger partial charge is 0.417 e. The van der Waals surface area contributed by atoms with Gasteiger partial charge >= 0.3 is 11.7 Å². The number of hydrogen-bond donors (Lipinski definition) is 2.